The molecule has 20 heavy (non-hydrogen) atoms. The van der Waals surface area contributed by atoms with Gasteiger partial charge < -0.3 is 4.90 Å². The number of nitrogens with zero attached hydrogens (tertiary/aromatic N) is 1. The van der Waals surface area contributed by atoms with E-state index in [1.807, 2.05) is 35.2 Å². The predicted octanol–water partition coefficient (Wildman–Crippen LogP) is 3.47. The van der Waals surface area contributed by atoms with Gasteiger partial charge >= 0.3 is 0 Å². The van der Waals surface area contributed by atoms with Crippen molar-refractivity contribution in [2.24, 2.45) is 0 Å². The quantitative estimate of drug-likeness (QED) is 0.827. The number of carbonyl (C=O) groups excluding carboxylic acids is 1. The van der Waals surface area contributed by atoms with Crippen LogP contribution in [0.1, 0.15) is 16.7 Å². The van der Waals surface area contributed by atoms with Gasteiger partial charge in [-0.25, -0.2) is 0 Å². The molecule has 0 aromatic heterocycles. The largest absolute Gasteiger partial charge is 0.338 e. The minimum atomic E-state index is 0.146. The zero-order chi connectivity index (χ0) is 13.9. The molecule has 1 amide bonds. The third-order valence-corrected chi connectivity index (χ3v) is 4.15. The summed E-state index contributed by atoms with van der Waals surface area (Å²) in [5, 5.41) is 0.665. The fourth-order valence-electron chi connectivity index (χ4n) is 2.63. The normalized spacial score (nSPS) is 13.9. The molecule has 102 valence electrons. The molecule has 1 aliphatic rings. The topological polar surface area (TPSA) is 20.3 Å². The molecule has 0 saturated carbocycles. The Bertz CT molecular complexity index is 638. The smallest absolute Gasteiger partial charge is 0.227 e. The molecule has 0 unspecified atom stereocenters. The summed E-state index contributed by atoms with van der Waals surface area (Å²) < 4.78 is 0. The number of carbonyl (C=O) groups is 1. The Labute approximate surface area is 124 Å². The van der Waals surface area contributed by atoms with Crippen molar-refractivity contribution in [3.8, 4) is 0 Å². The molecular weight excluding hydrogens is 270 g/mol. The van der Waals surface area contributed by atoms with Gasteiger partial charge in [-0.05, 0) is 29.2 Å². The molecule has 2 nitrogen and oxygen atoms in total. The minimum absolute atomic E-state index is 0.146. The molecule has 0 radical (unpaired) electrons. The molecule has 0 bridgehead atoms. The van der Waals surface area contributed by atoms with Gasteiger partial charge in [0.05, 0.1) is 6.42 Å². The number of fused-ring (bicyclic) bond motifs is 1. The van der Waals surface area contributed by atoms with Gasteiger partial charge in [0.2, 0.25) is 5.91 Å². The maximum absolute atomic E-state index is 12.4. The van der Waals surface area contributed by atoms with Crippen LogP contribution in [-0.2, 0) is 24.2 Å². The number of amides is 1. The zero-order valence-corrected chi connectivity index (χ0v) is 11.9. The van der Waals surface area contributed by atoms with Crippen LogP contribution in [0.2, 0.25) is 5.02 Å². The van der Waals surface area contributed by atoms with Gasteiger partial charge in [0.25, 0.3) is 0 Å². The Morgan fingerprint density at radius 1 is 1.05 bits per heavy atom. The lowest BCUT2D eigenvalue weighted by Gasteiger charge is -2.29. The van der Waals surface area contributed by atoms with E-state index >= 15 is 0 Å². The first-order valence-corrected chi connectivity index (χ1v) is 7.20. The second kappa shape index (κ2) is 5.68. The van der Waals surface area contributed by atoms with E-state index in [9.17, 15) is 4.79 Å². The van der Waals surface area contributed by atoms with E-state index in [-0.39, 0.29) is 5.91 Å². The molecule has 2 aromatic rings. The minimum Gasteiger partial charge on any atom is -0.338 e. The van der Waals surface area contributed by atoms with Crippen LogP contribution in [0.5, 0.6) is 0 Å². The number of benzene rings is 2. The van der Waals surface area contributed by atoms with Crippen LogP contribution < -0.4 is 0 Å². The van der Waals surface area contributed by atoms with Gasteiger partial charge in [-0.15, -0.1) is 0 Å². The van der Waals surface area contributed by atoms with Gasteiger partial charge in [-0.2, -0.15) is 0 Å². The van der Waals surface area contributed by atoms with E-state index < -0.39 is 0 Å². The van der Waals surface area contributed by atoms with Crippen molar-refractivity contribution in [3.05, 3.63) is 70.2 Å². The predicted molar refractivity (Wildman–Crippen MR) is 80.7 cm³/mol. The van der Waals surface area contributed by atoms with Crippen molar-refractivity contribution in [2.75, 3.05) is 6.54 Å². The van der Waals surface area contributed by atoms with Gasteiger partial charge in [-0.1, -0.05) is 54.1 Å². The molecule has 0 fully saturated rings. The van der Waals surface area contributed by atoms with Crippen LogP contribution in [-0.4, -0.2) is 17.4 Å². The van der Waals surface area contributed by atoms with Crippen molar-refractivity contribution in [1.82, 2.24) is 4.90 Å². The van der Waals surface area contributed by atoms with E-state index in [4.69, 9.17) is 11.6 Å². The van der Waals surface area contributed by atoms with Crippen LogP contribution >= 0.6 is 11.6 Å². The van der Waals surface area contributed by atoms with Crippen molar-refractivity contribution in [3.63, 3.8) is 0 Å². The summed E-state index contributed by atoms with van der Waals surface area (Å²) >= 11 is 6.12. The Balaban J connectivity index is 1.72. The molecule has 3 rings (SSSR count). The summed E-state index contributed by atoms with van der Waals surface area (Å²) in [5.74, 6) is 0.146. The summed E-state index contributed by atoms with van der Waals surface area (Å²) in [4.78, 5) is 14.3. The average Bonchev–Trinajstić information content (AvgIpc) is 2.49. The first-order chi connectivity index (χ1) is 9.74. The number of hydrogen-bond acceptors (Lipinski definition) is 1. The molecule has 0 N–H and O–H groups in total. The summed E-state index contributed by atoms with van der Waals surface area (Å²) in [5.41, 5.74) is 3.51. The van der Waals surface area contributed by atoms with Gasteiger partial charge in [0.15, 0.2) is 0 Å². The van der Waals surface area contributed by atoms with Crippen LogP contribution in [0.3, 0.4) is 0 Å². The van der Waals surface area contributed by atoms with Crippen molar-refractivity contribution in [1.29, 1.82) is 0 Å². The molecule has 1 heterocycles. The molecule has 0 saturated heterocycles. The van der Waals surface area contributed by atoms with E-state index in [0.717, 1.165) is 18.5 Å². The van der Waals surface area contributed by atoms with Crippen LogP contribution in [0.4, 0.5) is 0 Å². The Morgan fingerprint density at radius 3 is 2.55 bits per heavy atom. The highest BCUT2D eigenvalue weighted by molar-refractivity contribution is 6.31. The van der Waals surface area contributed by atoms with E-state index in [2.05, 4.69) is 18.2 Å². The van der Waals surface area contributed by atoms with Gasteiger partial charge in [-0.3, -0.25) is 4.79 Å². The maximum Gasteiger partial charge on any atom is 0.227 e. The first-order valence-electron chi connectivity index (χ1n) is 6.82. The zero-order valence-electron chi connectivity index (χ0n) is 11.2. The van der Waals surface area contributed by atoms with Crippen LogP contribution in [0.25, 0.3) is 0 Å². The lowest BCUT2D eigenvalue weighted by atomic mass is 9.99. The number of hydrogen-bond donors (Lipinski definition) is 0. The standard InChI is InChI=1S/C17H16ClNO/c18-16-8-4-3-6-14(16)11-17(20)19-10-9-13-5-1-2-7-15(13)12-19/h1-8H,9-12H2. The SMILES string of the molecule is O=C(Cc1ccccc1Cl)N1CCc2ccccc2C1. The van der Waals surface area contributed by atoms with E-state index in [0.29, 0.717) is 18.0 Å². The fraction of sp³-hybridized carbons (Fsp3) is 0.235. The average molecular weight is 286 g/mol. The second-order valence-corrected chi connectivity index (χ2v) is 5.51. The highest BCUT2D eigenvalue weighted by Gasteiger charge is 2.20. The highest BCUT2D eigenvalue weighted by atomic mass is 35.5. The molecule has 0 aliphatic carbocycles. The molecular formula is C17H16ClNO. The second-order valence-electron chi connectivity index (χ2n) is 5.10. The molecule has 0 spiro atoms. The third-order valence-electron chi connectivity index (χ3n) is 3.78. The molecule has 1 aliphatic heterocycles. The van der Waals surface area contributed by atoms with Crippen molar-refractivity contribution < 1.29 is 4.79 Å². The Kier molecular flexibility index (Phi) is 3.75. The van der Waals surface area contributed by atoms with Crippen LogP contribution in [0, 0.1) is 0 Å². The number of halogens is 1. The highest BCUT2D eigenvalue weighted by Crippen LogP contribution is 2.21. The van der Waals surface area contributed by atoms with Gasteiger partial charge in [0, 0.05) is 18.1 Å². The monoisotopic (exact) mass is 285 g/mol. The maximum atomic E-state index is 12.4. The van der Waals surface area contributed by atoms with Crippen molar-refractivity contribution in [2.45, 2.75) is 19.4 Å². The molecule has 3 heteroatoms. The summed E-state index contributed by atoms with van der Waals surface area (Å²) in [6.45, 7) is 1.50. The summed E-state index contributed by atoms with van der Waals surface area (Å²) in [6, 6.07) is 15.9. The van der Waals surface area contributed by atoms with Gasteiger partial charge in [0.1, 0.15) is 0 Å². The summed E-state index contributed by atoms with van der Waals surface area (Å²) in [7, 11) is 0. The summed E-state index contributed by atoms with van der Waals surface area (Å²) in [6.07, 6.45) is 1.31. The third kappa shape index (κ3) is 2.70. The lowest BCUT2D eigenvalue weighted by molar-refractivity contribution is -0.131. The van der Waals surface area contributed by atoms with E-state index in [1.54, 1.807) is 0 Å². The lowest BCUT2D eigenvalue weighted by Crippen LogP contribution is -2.36. The Hall–Kier alpha value is -1.80. The van der Waals surface area contributed by atoms with Crippen LogP contribution in [0.15, 0.2) is 48.5 Å². The Morgan fingerprint density at radius 2 is 1.75 bits per heavy atom. The van der Waals surface area contributed by atoms with E-state index in [1.165, 1.54) is 11.1 Å². The fourth-order valence-corrected chi connectivity index (χ4v) is 2.83. The molecule has 0 atom stereocenters. The molecule has 2 aromatic carbocycles. The van der Waals surface area contributed by atoms with Crippen molar-refractivity contribution >= 4 is 17.5 Å². The first kappa shape index (κ1) is 13.2. The number of rotatable bonds is 2.